The Bertz CT molecular complexity index is 153. The molecule has 1 aliphatic heterocycles. The molecule has 1 saturated heterocycles. The van der Waals surface area contributed by atoms with Crippen LogP contribution in [0.15, 0.2) is 0 Å². The van der Waals surface area contributed by atoms with E-state index < -0.39 is 0 Å². The quantitative estimate of drug-likeness (QED) is 0.732. The Morgan fingerprint density at radius 2 is 2.13 bits per heavy atom. The van der Waals surface area contributed by atoms with Gasteiger partial charge in [0.25, 0.3) is 0 Å². The maximum absolute atomic E-state index is 5.55. The van der Waals surface area contributed by atoms with Crippen LogP contribution in [0.3, 0.4) is 0 Å². The van der Waals surface area contributed by atoms with Crippen molar-refractivity contribution in [2.24, 2.45) is 11.8 Å². The standard InChI is InChI=1S/C13H27NO/c1-11(2)6-4-8-13(14-3)12-7-5-9-15-10-12/h11-14H,4-10H2,1-3H3. The molecule has 90 valence electrons. The first kappa shape index (κ1) is 13.0. The lowest BCUT2D eigenvalue weighted by molar-refractivity contribution is 0.0386. The summed E-state index contributed by atoms with van der Waals surface area (Å²) >= 11 is 0. The Labute approximate surface area is 94.8 Å². The van der Waals surface area contributed by atoms with Crippen LogP contribution in [0.1, 0.15) is 46.0 Å². The van der Waals surface area contributed by atoms with E-state index in [1.54, 1.807) is 0 Å². The van der Waals surface area contributed by atoms with Gasteiger partial charge in [0.05, 0.1) is 6.61 Å². The molecule has 1 N–H and O–H groups in total. The van der Waals surface area contributed by atoms with Crippen LogP contribution in [0.25, 0.3) is 0 Å². The zero-order chi connectivity index (χ0) is 11.1. The van der Waals surface area contributed by atoms with Crippen LogP contribution in [0.4, 0.5) is 0 Å². The third-order valence-electron chi connectivity index (χ3n) is 3.43. The summed E-state index contributed by atoms with van der Waals surface area (Å²) in [5.41, 5.74) is 0. The summed E-state index contributed by atoms with van der Waals surface area (Å²) in [6.45, 7) is 6.54. The summed E-state index contributed by atoms with van der Waals surface area (Å²) < 4.78 is 5.55. The summed E-state index contributed by atoms with van der Waals surface area (Å²) in [7, 11) is 2.09. The molecule has 15 heavy (non-hydrogen) atoms. The van der Waals surface area contributed by atoms with Crippen LogP contribution in [-0.4, -0.2) is 26.3 Å². The highest BCUT2D eigenvalue weighted by atomic mass is 16.5. The van der Waals surface area contributed by atoms with Crippen LogP contribution < -0.4 is 5.32 Å². The zero-order valence-electron chi connectivity index (χ0n) is 10.6. The molecule has 0 aromatic rings. The smallest absolute Gasteiger partial charge is 0.0509 e. The van der Waals surface area contributed by atoms with Crippen molar-refractivity contribution >= 4 is 0 Å². The van der Waals surface area contributed by atoms with Crippen LogP contribution in [-0.2, 0) is 4.74 Å². The van der Waals surface area contributed by atoms with Crippen LogP contribution in [0.5, 0.6) is 0 Å². The van der Waals surface area contributed by atoms with Gasteiger partial charge in [-0.1, -0.05) is 26.7 Å². The van der Waals surface area contributed by atoms with Crippen molar-refractivity contribution in [3.05, 3.63) is 0 Å². The van der Waals surface area contributed by atoms with Crippen molar-refractivity contribution < 1.29 is 4.74 Å². The minimum Gasteiger partial charge on any atom is -0.381 e. The molecule has 1 heterocycles. The van der Waals surface area contributed by atoms with Crippen molar-refractivity contribution in [3.8, 4) is 0 Å². The van der Waals surface area contributed by atoms with Crippen LogP contribution in [0, 0.1) is 11.8 Å². The van der Waals surface area contributed by atoms with Crippen molar-refractivity contribution in [1.82, 2.24) is 5.32 Å². The van der Waals surface area contributed by atoms with E-state index in [9.17, 15) is 0 Å². The molecule has 0 bridgehead atoms. The number of nitrogens with one attached hydrogen (secondary N) is 1. The fourth-order valence-electron chi connectivity index (χ4n) is 2.44. The molecule has 1 rings (SSSR count). The van der Waals surface area contributed by atoms with Crippen molar-refractivity contribution in [2.45, 2.75) is 52.0 Å². The second kappa shape index (κ2) is 7.24. The maximum Gasteiger partial charge on any atom is 0.0509 e. The first-order chi connectivity index (χ1) is 7.24. The Morgan fingerprint density at radius 3 is 2.67 bits per heavy atom. The molecule has 0 spiro atoms. The summed E-state index contributed by atoms with van der Waals surface area (Å²) in [6, 6.07) is 0.670. The van der Waals surface area contributed by atoms with Crippen LogP contribution >= 0.6 is 0 Å². The summed E-state index contributed by atoms with van der Waals surface area (Å²) in [5, 5.41) is 3.47. The summed E-state index contributed by atoms with van der Waals surface area (Å²) in [6.07, 6.45) is 6.59. The molecule has 0 amide bonds. The average Bonchev–Trinajstić information content (AvgIpc) is 2.25. The van der Waals surface area contributed by atoms with Gasteiger partial charge in [-0.25, -0.2) is 0 Å². The maximum atomic E-state index is 5.55. The molecule has 2 unspecified atom stereocenters. The van der Waals surface area contributed by atoms with Gasteiger partial charge in [0.1, 0.15) is 0 Å². The van der Waals surface area contributed by atoms with Gasteiger partial charge in [-0.2, -0.15) is 0 Å². The van der Waals surface area contributed by atoms with E-state index in [1.807, 2.05) is 0 Å². The second-order valence-corrected chi connectivity index (χ2v) is 5.20. The van der Waals surface area contributed by atoms with Gasteiger partial charge in [0.15, 0.2) is 0 Å². The molecule has 0 aromatic carbocycles. The Balaban J connectivity index is 2.21. The summed E-state index contributed by atoms with van der Waals surface area (Å²) in [5.74, 6) is 1.58. The van der Waals surface area contributed by atoms with Gasteiger partial charge in [-0.05, 0) is 38.1 Å². The third-order valence-corrected chi connectivity index (χ3v) is 3.43. The van der Waals surface area contributed by atoms with Gasteiger partial charge >= 0.3 is 0 Å². The normalized spacial score (nSPS) is 24.4. The topological polar surface area (TPSA) is 21.3 Å². The van der Waals surface area contributed by atoms with Gasteiger partial charge in [0.2, 0.25) is 0 Å². The predicted molar refractivity (Wildman–Crippen MR) is 65.1 cm³/mol. The third kappa shape index (κ3) is 4.98. The number of rotatable bonds is 6. The minimum atomic E-state index is 0.670. The predicted octanol–water partition coefficient (Wildman–Crippen LogP) is 2.83. The first-order valence-corrected chi connectivity index (χ1v) is 6.49. The lowest BCUT2D eigenvalue weighted by Crippen LogP contribution is -2.38. The number of ether oxygens (including phenoxy) is 1. The van der Waals surface area contributed by atoms with Gasteiger partial charge < -0.3 is 10.1 Å². The lowest BCUT2D eigenvalue weighted by Gasteiger charge is -2.30. The highest BCUT2D eigenvalue weighted by molar-refractivity contribution is 4.77. The van der Waals surface area contributed by atoms with Gasteiger partial charge in [-0.3, -0.25) is 0 Å². The molecule has 0 aromatic heterocycles. The van der Waals surface area contributed by atoms with E-state index in [4.69, 9.17) is 4.74 Å². The number of hydrogen-bond donors (Lipinski definition) is 1. The zero-order valence-corrected chi connectivity index (χ0v) is 10.6. The highest BCUT2D eigenvalue weighted by Crippen LogP contribution is 2.21. The molecule has 2 atom stereocenters. The highest BCUT2D eigenvalue weighted by Gasteiger charge is 2.22. The fourth-order valence-corrected chi connectivity index (χ4v) is 2.44. The fraction of sp³-hybridized carbons (Fsp3) is 1.00. The van der Waals surface area contributed by atoms with Crippen molar-refractivity contribution in [3.63, 3.8) is 0 Å². The molecule has 0 radical (unpaired) electrons. The van der Waals surface area contributed by atoms with E-state index >= 15 is 0 Å². The van der Waals surface area contributed by atoms with Crippen molar-refractivity contribution in [1.29, 1.82) is 0 Å². The summed E-state index contributed by atoms with van der Waals surface area (Å²) in [4.78, 5) is 0. The largest absolute Gasteiger partial charge is 0.381 e. The molecule has 1 fully saturated rings. The first-order valence-electron chi connectivity index (χ1n) is 6.49. The molecule has 1 aliphatic rings. The minimum absolute atomic E-state index is 0.670. The SMILES string of the molecule is CNC(CCCC(C)C)C1CCCOC1. The molecule has 2 nitrogen and oxygen atoms in total. The Hall–Kier alpha value is -0.0800. The molecular weight excluding hydrogens is 186 g/mol. The van der Waals surface area contributed by atoms with E-state index in [-0.39, 0.29) is 0 Å². The average molecular weight is 213 g/mol. The lowest BCUT2D eigenvalue weighted by atomic mass is 9.89. The van der Waals surface area contributed by atoms with E-state index in [1.165, 1.54) is 32.1 Å². The Kier molecular flexibility index (Phi) is 6.26. The molecular formula is C13H27NO. The van der Waals surface area contributed by atoms with Gasteiger partial charge in [0, 0.05) is 12.6 Å². The molecule has 0 saturated carbocycles. The van der Waals surface area contributed by atoms with E-state index in [2.05, 4.69) is 26.2 Å². The molecule has 2 heteroatoms. The van der Waals surface area contributed by atoms with Crippen molar-refractivity contribution in [2.75, 3.05) is 20.3 Å². The van der Waals surface area contributed by atoms with E-state index in [0.29, 0.717) is 6.04 Å². The van der Waals surface area contributed by atoms with E-state index in [0.717, 1.165) is 25.0 Å². The monoisotopic (exact) mass is 213 g/mol. The molecule has 0 aliphatic carbocycles. The van der Waals surface area contributed by atoms with Gasteiger partial charge in [-0.15, -0.1) is 0 Å². The second-order valence-electron chi connectivity index (χ2n) is 5.20. The number of hydrogen-bond acceptors (Lipinski definition) is 2. The van der Waals surface area contributed by atoms with Crippen LogP contribution in [0.2, 0.25) is 0 Å². The Morgan fingerprint density at radius 1 is 1.33 bits per heavy atom.